The Morgan fingerprint density at radius 2 is 2.05 bits per heavy atom. The van der Waals surface area contributed by atoms with E-state index in [4.69, 9.17) is 4.52 Å². The predicted octanol–water partition coefficient (Wildman–Crippen LogP) is 2.40. The fourth-order valence-corrected chi connectivity index (χ4v) is 1.67. The summed E-state index contributed by atoms with van der Waals surface area (Å²) < 4.78 is 9.66. The molecule has 0 unspecified atom stereocenters. The van der Waals surface area contributed by atoms with Gasteiger partial charge in [0.2, 0.25) is 11.7 Å². The summed E-state index contributed by atoms with van der Waals surface area (Å²) in [4.78, 5) is 15.3. The van der Waals surface area contributed by atoms with Crippen LogP contribution in [0.2, 0.25) is 0 Å². The van der Waals surface area contributed by atoms with Gasteiger partial charge in [0.05, 0.1) is 13.5 Å². The molecule has 1 heterocycles. The molecule has 0 aliphatic heterocycles. The number of carbonyl (C=O) groups excluding carboxylic acids is 1. The molecule has 1 aromatic heterocycles. The van der Waals surface area contributed by atoms with Crippen LogP contribution < -0.4 is 0 Å². The molecule has 0 saturated heterocycles. The number of methoxy groups -OCH3 is 1. The third-order valence-electron chi connectivity index (χ3n) is 2.86. The molecule has 100 valence electrons. The molecule has 2 rings (SSSR count). The van der Waals surface area contributed by atoms with Gasteiger partial charge in [-0.3, -0.25) is 4.79 Å². The molecular weight excluding hydrogens is 244 g/mol. The van der Waals surface area contributed by atoms with E-state index in [1.807, 2.05) is 24.3 Å². The summed E-state index contributed by atoms with van der Waals surface area (Å²) in [7, 11) is 1.36. The Hall–Kier alpha value is -2.17. The highest BCUT2D eigenvalue weighted by Crippen LogP contribution is 2.17. The average Bonchev–Trinajstić information content (AvgIpc) is 2.93. The van der Waals surface area contributed by atoms with E-state index < -0.39 is 0 Å². The van der Waals surface area contributed by atoms with Crippen molar-refractivity contribution >= 4 is 5.97 Å². The first-order valence-electron chi connectivity index (χ1n) is 6.21. The van der Waals surface area contributed by atoms with Crippen molar-refractivity contribution in [2.75, 3.05) is 7.11 Å². The predicted molar refractivity (Wildman–Crippen MR) is 69.4 cm³/mol. The zero-order valence-corrected chi connectivity index (χ0v) is 11.0. The van der Waals surface area contributed by atoms with E-state index >= 15 is 0 Å². The summed E-state index contributed by atoms with van der Waals surface area (Å²) in [6, 6.07) is 8.02. The number of benzene rings is 1. The fraction of sp³-hybridized carbons (Fsp3) is 0.357. The lowest BCUT2D eigenvalue weighted by Gasteiger charge is -1.97. The number of rotatable bonds is 5. The topological polar surface area (TPSA) is 65.2 Å². The van der Waals surface area contributed by atoms with Gasteiger partial charge in [0, 0.05) is 12.0 Å². The molecule has 0 aliphatic rings. The normalized spacial score (nSPS) is 10.4. The summed E-state index contributed by atoms with van der Waals surface area (Å²) in [5.74, 6) is 0.703. The first-order chi connectivity index (χ1) is 9.22. The molecule has 0 atom stereocenters. The Kier molecular flexibility index (Phi) is 4.28. The lowest BCUT2D eigenvalue weighted by Crippen LogP contribution is -2.01. The molecule has 0 amide bonds. The number of aryl methyl sites for hydroxylation is 2. The largest absolute Gasteiger partial charge is 0.469 e. The Bertz CT molecular complexity index is 546. The summed E-state index contributed by atoms with van der Waals surface area (Å²) in [5, 5.41) is 3.91. The summed E-state index contributed by atoms with van der Waals surface area (Å²) in [6.45, 7) is 2.11. The Morgan fingerprint density at radius 3 is 2.68 bits per heavy atom. The van der Waals surface area contributed by atoms with Gasteiger partial charge in [-0.25, -0.2) is 0 Å². The minimum absolute atomic E-state index is 0.243. The molecular formula is C14H16N2O3. The second kappa shape index (κ2) is 6.13. The van der Waals surface area contributed by atoms with E-state index in [0.717, 1.165) is 12.0 Å². The molecule has 5 heteroatoms. The van der Waals surface area contributed by atoms with Gasteiger partial charge < -0.3 is 9.26 Å². The number of esters is 1. The van der Waals surface area contributed by atoms with Crippen LogP contribution >= 0.6 is 0 Å². The van der Waals surface area contributed by atoms with Crippen molar-refractivity contribution in [1.82, 2.24) is 10.1 Å². The fourth-order valence-electron chi connectivity index (χ4n) is 1.67. The van der Waals surface area contributed by atoms with Crippen molar-refractivity contribution in [2.45, 2.75) is 26.2 Å². The van der Waals surface area contributed by atoms with Crippen LogP contribution in [0.1, 0.15) is 24.8 Å². The van der Waals surface area contributed by atoms with E-state index in [9.17, 15) is 4.79 Å². The third-order valence-corrected chi connectivity index (χ3v) is 2.86. The van der Waals surface area contributed by atoms with E-state index in [2.05, 4.69) is 21.8 Å². The van der Waals surface area contributed by atoms with E-state index in [1.54, 1.807) is 0 Å². The first kappa shape index (κ1) is 13.3. The molecule has 0 radical (unpaired) electrons. The van der Waals surface area contributed by atoms with Gasteiger partial charge >= 0.3 is 5.97 Å². The standard InChI is InChI=1S/C14H16N2O3/c1-3-10-4-6-11(7-5-10)14-15-12(19-16-14)8-9-13(17)18-2/h4-7H,3,8-9H2,1-2H3. The quantitative estimate of drug-likeness (QED) is 0.772. The Morgan fingerprint density at radius 1 is 1.32 bits per heavy atom. The Balaban J connectivity index is 2.05. The number of nitrogens with zero attached hydrogens (tertiary/aromatic N) is 2. The molecule has 0 saturated carbocycles. The van der Waals surface area contributed by atoms with Gasteiger partial charge in [0.25, 0.3) is 0 Å². The lowest BCUT2D eigenvalue weighted by atomic mass is 10.1. The van der Waals surface area contributed by atoms with Gasteiger partial charge in [-0.1, -0.05) is 36.3 Å². The number of hydrogen-bond donors (Lipinski definition) is 0. The highest BCUT2D eigenvalue weighted by atomic mass is 16.5. The van der Waals surface area contributed by atoms with E-state index in [0.29, 0.717) is 18.1 Å². The van der Waals surface area contributed by atoms with Crippen molar-refractivity contribution < 1.29 is 14.1 Å². The zero-order chi connectivity index (χ0) is 13.7. The van der Waals surface area contributed by atoms with Gasteiger partial charge in [-0.15, -0.1) is 0 Å². The van der Waals surface area contributed by atoms with Gasteiger partial charge in [0.1, 0.15) is 0 Å². The van der Waals surface area contributed by atoms with Crippen LogP contribution in [0.4, 0.5) is 0 Å². The molecule has 0 aliphatic carbocycles. The summed E-state index contributed by atoms with van der Waals surface area (Å²) >= 11 is 0. The van der Waals surface area contributed by atoms with Crippen LogP contribution in [-0.2, 0) is 22.4 Å². The van der Waals surface area contributed by atoms with Crippen molar-refractivity contribution in [2.24, 2.45) is 0 Å². The van der Waals surface area contributed by atoms with Gasteiger partial charge in [0.15, 0.2) is 0 Å². The maximum absolute atomic E-state index is 11.0. The number of ether oxygens (including phenoxy) is 1. The molecule has 0 fully saturated rings. The maximum atomic E-state index is 11.0. The third kappa shape index (κ3) is 3.40. The Labute approximate surface area is 111 Å². The smallest absolute Gasteiger partial charge is 0.306 e. The van der Waals surface area contributed by atoms with Crippen LogP contribution in [0, 0.1) is 0 Å². The van der Waals surface area contributed by atoms with Gasteiger partial charge in [-0.05, 0) is 12.0 Å². The minimum atomic E-state index is -0.285. The van der Waals surface area contributed by atoms with Gasteiger partial charge in [-0.2, -0.15) is 4.98 Å². The van der Waals surface area contributed by atoms with E-state index in [-0.39, 0.29) is 12.4 Å². The molecule has 2 aromatic rings. The molecule has 0 spiro atoms. The van der Waals surface area contributed by atoms with Crippen molar-refractivity contribution in [3.05, 3.63) is 35.7 Å². The molecule has 5 nitrogen and oxygen atoms in total. The molecule has 1 aromatic carbocycles. The second-order valence-electron chi connectivity index (χ2n) is 4.14. The zero-order valence-electron chi connectivity index (χ0n) is 11.0. The molecule has 0 N–H and O–H groups in total. The summed E-state index contributed by atoms with van der Waals surface area (Å²) in [6.07, 6.45) is 1.64. The monoisotopic (exact) mass is 260 g/mol. The highest BCUT2D eigenvalue weighted by Gasteiger charge is 2.10. The van der Waals surface area contributed by atoms with Crippen LogP contribution in [-0.4, -0.2) is 23.2 Å². The second-order valence-corrected chi connectivity index (χ2v) is 4.14. The number of carbonyl (C=O) groups is 1. The van der Waals surface area contributed by atoms with Crippen LogP contribution in [0.5, 0.6) is 0 Å². The molecule has 19 heavy (non-hydrogen) atoms. The maximum Gasteiger partial charge on any atom is 0.306 e. The van der Waals surface area contributed by atoms with Crippen molar-refractivity contribution in [3.63, 3.8) is 0 Å². The number of hydrogen-bond acceptors (Lipinski definition) is 5. The van der Waals surface area contributed by atoms with Crippen molar-refractivity contribution in [1.29, 1.82) is 0 Å². The van der Waals surface area contributed by atoms with Crippen LogP contribution in [0.3, 0.4) is 0 Å². The first-order valence-corrected chi connectivity index (χ1v) is 6.21. The lowest BCUT2D eigenvalue weighted by molar-refractivity contribution is -0.140. The SMILES string of the molecule is CCc1ccc(-c2noc(CCC(=O)OC)n2)cc1. The van der Waals surface area contributed by atoms with Crippen LogP contribution in [0.15, 0.2) is 28.8 Å². The number of aromatic nitrogens is 2. The summed E-state index contributed by atoms with van der Waals surface area (Å²) in [5.41, 5.74) is 2.17. The van der Waals surface area contributed by atoms with Crippen molar-refractivity contribution in [3.8, 4) is 11.4 Å². The average molecular weight is 260 g/mol. The van der Waals surface area contributed by atoms with E-state index in [1.165, 1.54) is 12.7 Å². The van der Waals surface area contributed by atoms with Crippen LogP contribution in [0.25, 0.3) is 11.4 Å². The highest BCUT2D eigenvalue weighted by molar-refractivity contribution is 5.69. The molecule has 0 bridgehead atoms. The minimum Gasteiger partial charge on any atom is -0.469 e.